The molecule has 2 aliphatic rings. The van der Waals surface area contributed by atoms with Crippen molar-refractivity contribution in [1.29, 1.82) is 0 Å². The Kier molecular flexibility index (Phi) is 4.32. The van der Waals surface area contributed by atoms with Crippen molar-refractivity contribution < 1.29 is 9.90 Å². The third kappa shape index (κ3) is 2.99. The molecule has 2 atom stereocenters. The van der Waals surface area contributed by atoms with Gasteiger partial charge in [-0.3, -0.25) is 9.78 Å². The summed E-state index contributed by atoms with van der Waals surface area (Å²) in [5.74, 6) is 0.298. The molecule has 32 heavy (non-hydrogen) atoms. The number of aromatic nitrogens is 1. The van der Waals surface area contributed by atoms with Crippen LogP contribution in [0.15, 0.2) is 96.3 Å². The Hall–Kier alpha value is -3.92. The number of hydrogen-bond acceptors (Lipinski definition) is 4. The molecule has 2 N–H and O–H groups in total. The molecule has 156 valence electrons. The van der Waals surface area contributed by atoms with Crippen LogP contribution in [0.1, 0.15) is 41.4 Å². The van der Waals surface area contributed by atoms with E-state index in [0.717, 1.165) is 45.4 Å². The molecule has 2 heterocycles. The highest BCUT2D eigenvalue weighted by Crippen LogP contribution is 2.49. The highest BCUT2D eigenvalue weighted by atomic mass is 16.3. The zero-order chi connectivity index (χ0) is 21.7. The summed E-state index contributed by atoms with van der Waals surface area (Å²) in [4.78, 5) is 18.1. The van der Waals surface area contributed by atoms with E-state index in [-0.39, 0.29) is 23.4 Å². The van der Waals surface area contributed by atoms with Crippen LogP contribution in [0.2, 0.25) is 0 Å². The number of hydrogen-bond donors (Lipinski definition) is 2. The summed E-state index contributed by atoms with van der Waals surface area (Å²) in [6.45, 7) is 0. The lowest BCUT2D eigenvalue weighted by Crippen LogP contribution is -2.29. The number of carbonyl (C=O) groups is 1. The molecule has 0 saturated carbocycles. The van der Waals surface area contributed by atoms with Gasteiger partial charge in [-0.2, -0.15) is 0 Å². The van der Waals surface area contributed by atoms with E-state index in [1.54, 1.807) is 18.3 Å². The number of anilines is 1. The number of aromatic hydroxyl groups is 1. The average molecular weight is 418 g/mol. The van der Waals surface area contributed by atoms with Crippen LogP contribution in [-0.2, 0) is 4.79 Å². The molecule has 4 heteroatoms. The van der Waals surface area contributed by atoms with Crippen LogP contribution in [-0.4, -0.2) is 15.9 Å². The summed E-state index contributed by atoms with van der Waals surface area (Å²) < 4.78 is 0. The minimum atomic E-state index is -0.220. The second-order valence-electron chi connectivity index (χ2n) is 8.58. The Morgan fingerprint density at radius 3 is 2.56 bits per heavy atom. The highest BCUT2D eigenvalue weighted by Gasteiger charge is 2.38. The van der Waals surface area contributed by atoms with Gasteiger partial charge < -0.3 is 10.4 Å². The minimum Gasteiger partial charge on any atom is -0.508 e. The number of fused-ring (bicyclic) bond motifs is 3. The summed E-state index contributed by atoms with van der Waals surface area (Å²) in [5.41, 5.74) is 6.87. The number of ketones is 1. The molecular weight excluding hydrogens is 396 g/mol. The van der Waals surface area contributed by atoms with Crippen molar-refractivity contribution in [2.45, 2.75) is 24.7 Å². The van der Waals surface area contributed by atoms with Crippen molar-refractivity contribution in [3.05, 3.63) is 113 Å². The molecule has 0 unspecified atom stereocenters. The maximum Gasteiger partial charge on any atom is 0.162 e. The molecule has 4 nitrogen and oxygen atoms in total. The summed E-state index contributed by atoms with van der Waals surface area (Å²) in [6, 6.07) is 25.6. The van der Waals surface area contributed by atoms with Crippen molar-refractivity contribution in [2.75, 3.05) is 5.32 Å². The van der Waals surface area contributed by atoms with E-state index >= 15 is 0 Å². The van der Waals surface area contributed by atoms with E-state index in [4.69, 9.17) is 0 Å². The van der Waals surface area contributed by atoms with Gasteiger partial charge in [0.15, 0.2) is 5.78 Å². The SMILES string of the molecule is O=C1C[C@@H](c2ccccc2)CC2=C1[C@H](c1cccc(O)c1)c1ccc3ncccc3c1N2. The molecule has 1 aliphatic heterocycles. The normalized spacial score (nSPS) is 19.9. The van der Waals surface area contributed by atoms with E-state index in [2.05, 4.69) is 34.6 Å². The molecule has 0 bridgehead atoms. The molecule has 0 fully saturated rings. The van der Waals surface area contributed by atoms with Crippen molar-refractivity contribution in [1.82, 2.24) is 4.98 Å². The van der Waals surface area contributed by atoms with Crippen LogP contribution in [0.3, 0.4) is 0 Å². The number of allylic oxidation sites excluding steroid dienone is 2. The number of carbonyl (C=O) groups excluding carboxylic acids is 1. The zero-order valence-corrected chi connectivity index (χ0v) is 17.5. The molecular formula is C28H22N2O2. The maximum absolute atomic E-state index is 13.6. The number of benzene rings is 3. The second-order valence-corrected chi connectivity index (χ2v) is 8.58. The van der Waals surface area contributed by atoms with Gasteiger partial charge in [-0.15, -0.1) is 0 Å². The average Bonchev–Trinajstić information content (AvgIpc) is 2.83. The van der Waals surface area contributed by atoms with Gasteiger partial charge >= 0.3 is 0 Å². The van der Waals surface area contributed by atoms with Gasteiger partial charge in [0, 0.05) is 35.2 Å². The van der Waals surface area contributed by atoms with Crippen molar-refractivity contribution in [2.24, 2.45) is 0 Å². The maximum atomic E-state index is 13.6. The van der Waals surface area contributed by atoms with E-state index in [9.17, 15) is 9.90 Å². The summed E-state index contributed by atoms with van der Waals surface area (Å²) in [6.07, 6.45) is 3.06. The number of phenolic OH excluding ortho intramolecular Hbond substituents is 1. The van der Waals surface area contributed by atoms with Crippen LogP contribution < -0.4 is 5.32 Å². The zero-order valence-electron chi connectivity index (χ0n) is 17.5. The largest absolute Gasteiger partial charge is 0.508 e. The molecule has 3 aromatic carbocycles. The Morgan fingerprint density at radius 1 is 0.875 bits per heavy atom. The number of Topliss-reactive ketones (excluding diaryl/α,β-unsaturated/α-hetero) is 1. The van der Waals surface area contributed by atoms with Crippen LogP contribution in [0.4, 0.5) is 5.69 Å². The topological polar surface area (TPSA) is 62.2 Å². The number of nitrogens with zero attached hydrogens (tertiary/aromatic N) is 1. The van der Waals surface area contributed by atoms with E-state index in [1.807, 2.05) is 42.5 Å². The Balaban J connectivity index is 1.56. The summed E-state index contributed by atoms with van der Waals surface area (Å²) >= 11 is 0. The van der Waals surface area contributed by atoms with Crippen LogP contribution in [0, 0.1) is 0 Å². The third-order valence-corrected chi connectivity index (χ3v) is 6.68. The number of pyridine rings is 1. The fraction of sp³-hybridized carbons (Fsp3) is 0.143. The number of rotatable bonds is 2. The molecule has 0 amide bonds. The van der Waals surface area contributed by atoms with Crippen molar-refractivity contribution in [3.8, 4) is 5.75 Å². The second kappa shape index (κ2) is 7.34. The molecule has 6 rings (SSSR count). The van der Waals surface area contributed by atoms with E-state index < -0.39 is 0 Å². The van der Waals surface area contributed by atoms with Crippen LogP contribution in [0.5, 0.6) is 5.75 Å². The Morgan fingerprint density at radius 2 is 1.72 bits per heavy atom. The van der Waals surface area contributed by atoms with Gasteiger partial charge in [-0.25, -0.2) is 0 Å². The third-order valence-electron chi connectivity index (χ3n) is 6.68. The number of phenols is 1. The van der Waals surface area contributed by atoms with Crippen LogP contribution in [0.25, 0.3) is 10.9 Å². The first-order chi connectivity index (χ1) is 15.7. The molecule has 0 radical (unpaired) electrons. The van der Waals surface area contributed by atoms with Gasteiger partial charge in [0.25, 0.3) is 0 Å². The van der Waals surface area contributed by atoms with Gasteiger partial charge in [-0.05, 0) is 59.4 Å². The molecule has 4 aromatic rings. The smallest absolute Gasteiger partial charge is 0.162 e. The lowest BCUT2D eigenvalue weighted by Gasteiger charge is -2.37. The quantitative estimate of drug-likeness (QED) is 0.426. The highest BCUT2D eigenvalue weighted by molar-refractivity contribution is 6.04. The fourth-order valence-electron chi connectivity index (χ4n) is 5.25. The van der Waals surface area contributed by atoms with Crippen molar-refractivity contribution in [3.63, 3.8) is 0 Å². The van der Waals surface area contributed by atoms with E-state index in [0.29, 0.717) is 6.42 Å². The molecule has 0 spiro atoms. The predicted molar refractivity (Wildman–Crippen MR) is 126 cm³/mol. The van der Waals surface area contributed by atoms with Gasteiger partial charge in [-0.1, -0.05) is 48.5 Å². The fourth-order valence-corrected chi connectivity index (χ4v) is 5.25. The molecule has 1 aromatic heterocycles. The summed E-state index contributed by atoms with van der Waals surface area (Å²) in [5, 5.41) is 14.9. The minimum absolute atomic E-state index is 0.148. The van der Waals surface area contributed by atoms with Crippen molar-refractivity contribution >= 4 is 22.4 Å². The first-order valence-electron chi connectivity index (χ1n) is 10.9. The lowest BCUT2D eigenvalue weighted by atomic mass is 9.71. The number of nitrogens with one attached hydrogen (secondary N) is 1. The Bertz CT molecular complexity index is 1390. The van der Waals surface area contributed by atoms with Gasteiger partial charge in [0.1, 0.15) is 5.75 Å². The molecule has 0 saturated heterocycles. The first-order valence-corrected chi connectivity index (χ1v) is 10.9. The van der Waals surface area contributed by atoms with Crippen LogP contribution >= 0.6 is 0 Å². The van der Waals surface area contributed by atoms with Gasteiger partial charge in [0.2, 0.25) is 0 Å². The summed E-state index contributed by atoms with van der Waals surface area (Å²) in [7, 11) is 0. The standard InChI is InChI=1S/C28H22N2O2/c31-20-9-4-8-18(14-20)26-22-11-12-23-21(10-5-13-29-23)28(22)30-24-15-19(16-25(32)27(24)26)17-6-2-1-3-7-17/h1-14,19,26,30-31H,15-16H2/t19-,26+/m0/s1. The first kappa shape index (κ1) is 18.8. The van der Waals surface area contributed by atoms with E-state index in [1.165, 1.54) is 5.56 Å². The van der Waals surface area contributed by atoms with Gasteiger partial charge in [0.05, 0.1) is 11.2 Å². The predicted octanol–water partition coefficient (Wildman–Crippen LogP) is 5.90. The molecule has 1 aliphatic carbocycles. The Labute approximate surface area is 186 Å². The monoisotopic (exact) mass is 418 g/mol. The lowest BCUT2D eigenvalue weighted by molar-refractivity contribution is -0.116.